The first-order valence-electron chi connectivity index (χ1n) is 9.59. The van der Waals surface area contributed by atoms with Crippen molar-refractivity contribution in [1.29, 1.82) is 0 Å². The van der Waals surface area contributed by atoms with Crippen molar-refractivity contribution in [3.63, 3.8) is 0 Å². The van der Waals surface area contributed by atoms with Crippen LogP contribution in [-0.2, 0) is 0 Å². The Bertz CT molecular complexity index is 1420. The van der Waals surface area contributed by atoms with Crippen LogP contribution in [-0.4, -0.2) is 21.8 Å². The first-order valence-corrected chi connectivity index (χ1v) is 9.59. The molecule has 0 unspecified atom stereocenters. The smallest absolute Gasteiger partial charge is 0.271 e. The van der Waals surface area contributed by atoms with Gasteiger partial charge in [-0.25, -0.2) is 4.98 Å². The average molecular weight is 408 g/mol. The summed E-state index contributed by atoms with van der Waals surface area (Å²) in [6.07, 6.45) is 3.17. The summed E-state index contributed by atoms with van der Waals surface area (Å²) in [5.41, 5.74) is 7.46. The average Bonchev–Trinajstić information content (AvgIpc) is 3.36. The van der Waals surface area contributed by atoms with Crippen LogP contribution in [0.1, 0.15) is 20.7 Å². The number of fused-ring (bicyclic) bond motifs is 2. The number of carbonyl (C=O) groups excluding carboxylic acids is 2. The first-order chi connectivity index (χ1) is 15.2. The number of nitrogens with zero attached hydrogens (tertiary/aromatic N) is 2. The summed E-state index contributed by atoms with van der Waals surface area (Å²) in [5, 5.41) is 1.50. The topological polar surface area (TPSA) is 97.1 Å². The van der Waals surface area contributed by atoms with Crippen LogP contribution in [0.25, 0.3) is 33.3 Å². The minimum absolute atomic E-state index is 0.369. The second kappa shape index (κ2) is 7.72. The Morgan fingerprint density at radius 2 is 1.61 bits per heavy atom. The fraction of sp³-hybridized carbons (Fsp3) is 0. The van der Waals surface area contributed by atoms with E-state index in [0.717, 1.165) is 5.39 Å². The maximum atomic E-state index is 13.0. The van der Waals surface area contributed by atoms with Crippen molar-refractivity contribution < 1.29 is 14.0 Å². The Balaban J connectivity index is 1.44. The van der Waals surface area contributed by atoms with E-state index in [4.69, 9.17) is 4.42 Å². The number of amides is 2. The molecule has 0 radical (unpaired) electrons. The largest absolute Gasteiger partial charge is 0.463 e. The van der Waals surface area contributed by atoms with Crippen LogP contribution < -0.4 is 10.9 Å². The molecule has 7 nitrogen and oxygen atoms in total. The standard InChI is InChI=1S/C24H16N4O3/c29-23(17-9-3-6-15-7-4-12-25-22(15)17)27-28-24(30)18-14-20(21-11-5-13-31-21)26-19-10-2-1-8-16(18)19/h1-14H,(H,27,29)(H,28,30). The van der Waals surface area contributed by atoms with Gasteiger partial charge in [0.25, 0.3) is 11.8 Å². The third-order valence-electron chi connectivity index (χ3n) is 4.90. The fourth-order valence-corrected chi connectivity index (χ4v) is 3.45. The normalized spacial score (nSPS) is 10.8. The molecule has 150 valence electrons. The molecule has 3 aromatic heterocycles. The third kappa shape index (κ3) is 3.49. The Labute approximate surface area is 176 Å². The van der Waals surface area contributed by atoms with Crippen LogP contribution in [0.3, 0.4) is 0 Å². The summed E-state index contributed by atoms with van der Waals surface area (Å²) in [7, 11) is 0. The molecule has 2 N–H and O–H groups in total. The minimum Gasteiger partial charge on any atom is -0.463 e. The summed E-state index contributed by atoms with van der Waals surface area (Å²) in [6.45, 7) is 0. The second-order valence-electron chi connectivity index (χ2n) is 6.84. The van der Waals surface area contributed by atoms with Gasteiger partial charge in [-0.05, 0) is 36.4 Å². The minimum atomic E-state index is -0.465. The van der Waals surface area contributed by atoms with Crippen LogP contribution in [0.5, 0.6) is 0 Å². The van der Waals surface area contributed by atoms with Crippen LogP contribution in [0.15, 0.2) is 89.7 Å². The van der Waals surface area contributed by atoms with Crippen LogP contribution in [0.2, 0.25) is 0 Å². The van der Waals surface area contributed by atoms with Crippen molar-refractivity contribution in [2.75, 3.05) is 0 Å². The molecular weight excluding hydrogens is 392 g/mol. The molecule has 3 heterocycles. The molecule has 0 aliphatic carbocycles. The summed E-state index contributed by atoms with van der Waals surface area (Å²) in [6, 6.07) is 21.4. The summed E-state index contributed by atoms with van der Waals surface area (Å²) < 4.78 is 5.43. The monoisotopic (exact) mass is 408 g/mol. The molecule has 7 heteroatoms. The van der Waals surface area contributed by atoms with Crippen molar-refractivity contribution in [3.05, 3.63) is 96.4 Å². The summed E-state index contributed by atoms with van der Waals surface area (Å²) in [5.74, 6) is -0.374. The van der Waals surface area contributed by atoms with Crippen molar-refractivity contribution in [2.24, 2.45) is 0 Å². The maximum Gasteiger partial charge on any atom is 0.271 e. The predicted octanol–water partition coefficient (Wildman–Crippen LogP) is 4.12. The molecule has 31 heavy (non-hydrogen) atoms. The van der Waals surface area contributed by atoms with Gasteiger partial charge in [-0.1, -0.05) is 36.4 Å². The Kier molecular flexibility index (Phi) is 4.61. The lowest BCUT2D eigenvalue weighted by molar-refractivity contribution is 0.0848. The number of furan rings is 1. The Morgan fingerprint density at radius 3 is 2.45 bits per heavy atom. The number of aromatic nitrogens is 2. The van der Waals surface area contributed by atoms with Crippen molar-refractivity contribution in [3.8, 4) is 11.5 Å². The molecular formula is C24H16N4O3. The molecule has 0 aliphatic rings. The molecule has 0 bridgehead atoms. The van der Waals surface area contributed by atoms with Gasteiger partial charge in [-0.15, -0.1) is 0 Å². The lowest BCUT2D eigenvalue weighted by Gasteiger charge is -2.11. The van der Waals surface area contributed by atoms with Gasteiger partial charge in [0.15, 0.2) is 5.76 Å². The molecule has 2 aromatic carbocycles. The number of rotatable bonds is 3. The van der Waals surface area contributed by atoms with E-state index in [1.54, 1.807) is 54.9 Å². The highest BCUT2D eigenvalue weighted by Gasteiger charge is 2.17. The van der Waals surface area contributed by atoms with Gasteiger partial charge in [0.2, 0.25) is 0 Å². The van der Waals surface area contributed by atoms with E-state index in [0.29, 0.717) is 39.0 Å². The van der Waals surface area contributed by atoms with Gasteiger partial charge >= 0.3 is 0 Å². The highest BCUT2D eigenvalue weighted by atomic mass is 16.3. The van der Waals surface area contributed by atoms with Crippen LogP contribution in [0.4, 0.5) is 0 Å². The lowest BCUT2D eigenvalue weighted by atomic mass is 10.1. The van der Waals surface area contributed by atoms with E-state index < -0.39 is 11.8 Å². The number of benzene rings is 2. The number of hydrogen-bond acceptors (Lipinski definition) is 5. The van der Waals surface area contributed by atoms with Crippen LogP contribution in [0, 0.1) is 0 Å². The summed E-state index contributed by atoms with van der Waals surface area (Å²) >= 11 is 0. The highest BCUT2D eigenvalue weighted by molar-refractivity contribution is 6.09. The number of pyridine rings is 2. The van der Waals surface area contributed by atoms with E-state index in [9.17, 15) is 9.59 Å². The van der Waals surface area contributed by atoms with Crippen molar-refractivity contribution in [2.45, 2.75) is 0 Å². The summed E-state index contributed by atoms with van der Waals surface area (Å²) in [4.78, 5) is 34.5. The van der Waals surface area contributed by atoms with Gasteiger partial charge in [-0.2, -0.15) is 0 Å². The molecule has 0 spiro atoms. The van der Waals surface area contributed by atoms with E-state index in [1.807, 2.05) is 30.3 Å². The van der Waals surface area contributed by atoms with E-state index in [1.165, 1.54) is 0 Å². The van der Waals surface area contributed by atoms with Gasteiger partial charge < -0.3 is 4.42 Å². The van der Waals surface area contributed by atoms with Gasteiger partial charge in [0, 0.05) is 17.0 Å². The Morgan fingerprint density at radius 1 is 0.806 bits per heavy atom. The van der Waals surface area contributed by atoms with Gasteiger partial charge in [-0.3, -0.25) is 25.4 Å². The molecule has 5 aromatic rings. The quantitative estimate of drug-likeness (QED) is 0.438. The Hall–Kier alpha value is -4.52. The zero-order valence-corrected chi connectivity index (χ0v) is 16.2. The number of carbonyl (C=O) groups is 2. The van der Waals surface area contributed by atoms with E-state index in [-0.39, 0.29) is 0 Å². The van der Waals surface area contributed by atoms with Gasteiger partial charge in [0.1, 0.15) is 5.69 Å². The number of hydrazine groups is 1. The SMILES string of the molecule is O=C(NNC(=O)c1cccc2cccnc12)c1cc(-c2ccco2)nc2ccccc12. The van der Waals surface area contributed by atoms with Crippen molar-refractivity contribution >= 4 is 33.6 Å². The fourth-order valence-electron chi connectivity index (χ4n) is 3.45. The second-order valence-corrected chi connectivity index (χ2v) is 6.84. The zero-order chi connectivity index (χ0) is 21.2. The molecule has 2 amide bonds. The van der Waals surface area contributed by atoms with Gasteiger partial charge in [0.05, 0.1) is 28.4 Å². The highest BCUT2D eigenvalue weighted by Crippen LogP contribution is 2.25. The molecule has 5 rings (SSSR count). The zero-order valence-electron chi connectivity index (χ0n) is 16.2. The lowest BCUT2D eigenvalue weighted by Crippen LogP contribution is -2.41. The maximum absolute atomic E-state index is 13.0. The molecule has 0 aliphatic heterocycles. The number of nitrogens with one attached hydrogen (secondary N) is 2. The number of hydrogen-bond donors (Lipinski definition) is 2. The number of para-hydroxylation sites is 2. The third-order valence-corrected chi connectivity index (χ3v) is 4.90. The first kappa shape index (κ1) is 18.5. The van der Waals surface area contributed by atoms with Crippen molar-refractivity contribution in [1.82, 2.24) is 20.8 Å². The molecule has 0 saturated carbocycles. The molecule has 0 atom stereocenters. The predicted molar refractivity (Wildman–Crippen MR) is 116 cm³/mol. The molecule has 0 fully saturated rings. The van der Waals surface area contributed by atoms with Crippen LogP contribution >= 0.6 is 0 Å². The van der Waals surface area contributed by atoms with E-state index >= 15 is 0 Å². The van der Waals surface area contributed by atoms with E-state index in [2.05, 4.69) is 20.8 Å². The molecule has 0 saturated heterocycles.